The maximum atomic E-state index is 6.94. The van der Waals surface area contributed by atoms with E-state index in [2.05, 4.69) is 0 Å². The summed E-state index contributed by atoms with van der Waals surface area (Å²) in [5.74, 6) is 0. The Morgan fingerprint density at radius 3 is 1.83 bits per heavy atom. The Bertz CT molecular complexity index is 172. The van der Waals surface area contributed by atoms with E-state index in [9.17, 15) is 0 Å². The second-order valence-corrected chi connectivity index (χ2v) is 4.99. The Kier molecular flexibility index (Phi) is 14.2. The van der Waals surface area contributed by atoms with Gasteiger partial charge in [0, 0.05) is 0 Å². The molecule has 0 aromatic heterocycles. The van der Waals surface area contributed by atoms with E-state index >= 15 is 0 Å². The van der Waals surface area contributed by atoms with Gasteiger partial charge in [-0.3, -0.25) is 0 Å². The molecule has 3 N–H and O–H groups in total. The van der Waals surface area contributed by atoms with Crippen LogP contribution in [0.1, 0.15) is 5.56 Å². The minimum atomic E-state index is -0.472. The molecular weight excluding hydrogens is 378 g/mol. The second-order valence-electron chi connectivity index (χ2n) is 1.71. The molecule has 0 spiro atoms. The average molecular weight is 388 g/mol. The molecule has 1 rings (SSSR count). The van der Waals surface area contributed by atoms with Crippen molar-refractivity contribution in [2.45, 2.75) is 6.54 Å². The maximum Gasteiger partial charge on any atom is -0.0608 e. The molecule has 0 radical (unpaired) electrons. The van der Waals surface area contributed by atoms with Crippen LogP contribution >= 0.6 is 18.8 Å². The first-order chi connectivity index (χ1) is 5.35. The van der Waals surface area contributed by atoms with Crippen molar-refractivity contribution in [3.63, 3.8) is 0 Å². The van der Waals surface area contributed by atoms with Crippen LogP contribution in [0.5, 0.6) is 0 Å². The van der Waals surface area contributed by atoms with Crippen LogP contribution in [-0.2, 0) is 23.0 Å². The molecule has 12 heavy (non-hydrogen) atoms. The molecule has 0 saturated carbocycles. The van der Waals surface area contributed by atoms with Gasteiger partial charge in [0.25, 0.3) is 0 Å². The monoisotopic (exact) mass is 387 g/mol. The molecule has 0 fully saturated rings. The first kappa shape index (κ1) is 14.9. The minimum absolute atomic E-state index is 0. The molecule has 1 aromatic rings. The number of nitrogens with two attached hydrogens (primary N) is 1. The number of benzene rings is 1. The summed E-state index contributed by atoms with van der Waals surface area (Å²) in [6.45, 7) is 0.390. The molecule has 0 aliphatic rings. The summed E-state index contributed by atoms with van der Waals surface area (Å²) in [6, 6.07) is 9.76. The van der Waals surface area contributed by atoms with E-state index < -0.39 is 16.5 Å². The van der Waals surface area contributed by atoms with Crippen molar-refractivity contribution in [1.82, 2.24) is 0 Å². The predicted octanol–water partition coefficient (Wildman–Crippen LogP) is 4.33. The van der Waals surface area contributed by atoms with Crippen LogP contribution in [0.25, 0.3) is 11.9 Å². The molecule has 2 nitrogen and oxygen atoms in total. The molecule has 1 aromatic carbocycles. The Morgan fingerprint density at radius 2 is 1.58 bits per heavy atom. The number of nitrogens with one attached hydrogen (secondary N) is 1. The van der Waals surface area contributed by atoms with Gasteiger partial charge in [0.15, 0.2) is 0 Å². The van der Waals surface area contributed by atoms with Crippen molar-refractivity contribution in [1.29, 1.82) is 0 Å². The normalized spacial score (nSPS) is 7.92. The third-order valence-corrected chi connectivity index (χ3v) is 1.05. The molecule has 0 atom stereocenters. The van der Waals surface area contributed by atoms with Gasteiger partial charge in [-0.25, -0.2) is 0 Å². The first-order valence-corrected chi connectivity index (χ1v) is 8.49. The van der Waals surface area contributed by atoms with Gasteiger partial charge in [-0.15, -0.1) is 6.54 Å². The molecule has 0 unspecified atom stereocenters. The molecule has 0 saturated heterocycles. The number of halogens is 2. The molecule has 0 aliphatic heterocycles. The van der Waals surface area contributed by atoms with Gasteiger partial charge >= 0.3 is 35.3 Å². The summed E-state index contributed by atoms with van der Waals surface area (Å²) in [5.41, 5.74) is 8.02. The summed E-state index contributed by atoms with van der Waals surface area (Å²) in [4.78, 5) is 0. The summed E-state index contributed by atoms with van der Waals surface area (Å²) in [7, 11) is 9.75. The van der Waals surface area contributed by atoms with Crippen molar-refractivity contribution in [3.05, 3.63) is 47.8 Å². The predicted molar refractivity (Wildman–Crippen MR) is 51.5 cm³/mol. The van der Waals surface area contributed by atoms with Crippen LogP contribution in [-0.4, -0.2) is 0 Å². The molecule has 5 heteroatoms. The van der Waals surface area contributed by atoms with Crippen LogP contribution in [0.4, 0.5) is 0 Å². The van der Waals surface area contributed by atoms with Gasteiger partial charge in [-0.05, 0) is 0 Å². The van der Waals surface area contributed by atoms with Crippen LogP contribution in [0.15, 0.2) is 30.3 Å². The number of rotatable bonds is 1. The summed E-state index contributed by atoms with van der Waals surface area (Å²) in [6.07, 6.45) is 0. The van der Waals surface area contributed by atoms with Gasteiger partial charge in [-0.2, -0.15) is 0 Å². The van der Waals surface area contributed by atoms with Crippen LogP contribution in [0.2, 0.25) is 0 Å². The smallest absolute Gasteiger partial charge is 0.0608 e. The van der Waals surface area contributed by atoms with Gasteiger partial charge in [0.2, 0.25) is 0 Å². The maximum absolute atomic E-state index is 6.94. The second kappa shape index (κ2) is 11.4. The molecule has 0 aliphatic carbocycles. The van der Waals surface area contributed by atoms with Gasteiger partial charge in [0.05, 0.1) is 0 Å². The summed E-state index contributed by atoms with van der Waals surface area (Å²) >= 11 is -0.472. The van der Waals surface area contributed by atoms with Crippen LogP contribution in [0.3, 0.4) is 0 Å². The van der Waals surface area contributed by atoms with E-state index in [0.29, 0.717) is 6.54 Å². The molecule has 0 amide bonds. The Balaban J connectivity index is 0. The van der Waals surface area contributed by atoms with Crippen molar-refractivity contribution >= 4 is 18.8 Å². The zero-order valence-electron chi connectivity index (χ0n) is 6.24. The minimum Gasteiger partial charge on any atom is -0.693 e. The van der Waals surface area contributed by atoms with Gasteiger partial charge < -0.3 is 11.9 Å². The van der Waals surface area contributed by atoms with Crippen molar-refractivity contribution in [3.8, 4) is 0 Å². The van der Waals surface area contributed by atoms with Crippen molar-refractivity contribution in [2.75, 3.05) is 0 Å². The fourth-order valence-corrected chi connectivity index (χ4v) is 0.596. The molecule has 0 heterocycles. The number of hydrogen-bond acceptors (Lipinski definition) is 0. The van der Waals surface area contributed by atoms with Gasteiger partial charge in [0.1, 0.15) is 0 Å². The molecule has 72 valence electrons. The summed E-state index contributed by atoms with van der Waals surface area (Å²) < 4.78 is 0. The average Bonchev–Trinajstić information content (AvgIpc) is 2.08. The Hall–Kier alpha value is 0.408. The van der Waals surface area contributed by atoms with Gasteiger partial charge in [-0.1, -0.05) is 35.9 Å². The van der Waals surface area contributed by atoms with E-state index in [1.54, 1.807) is 0 Å². The fourth-order valence-electron chi connectivity index (χ4n) is 0.596. The third-order valence-electron chi connectivity index (χ3n) is 1.05. The van der Waals surface area contributed by atoms with Crippen molar-refractivity contribution < 1.29 is 16.5 Å². The van der Waals surface area contributed by atoms with Crippen molar-refractivity contribution in [2.24, 2.45) is 0 Å². The molecular formula is C7H10Cl2N2Pt. The van der Waals surface area contributed by atoms with E-state index in [1.807, 2.05) is 30.3 Å². The zero-order chi connectivity index (χ0) is 8.53. The quantitative estimate of drug-likeness (QED) is 0.688. The Labute approximate surface area is 89.4 Å². The van der Waals surface area contributed by atoms with Crippen LogP contribution < -0.4 is 0 Å². The summed E-state index contributed by atoms with van der Waals surface area (Å²) in [5, 5.41) is 0. The first-order valence-electron chi connectivity index (χ1n) is 2.86. The topological polar surface area (TPSA) is 57.3 Å². The third kappa shape index (κ3) is 8.50. The molecule has 0 bridgehead atoms. The standard InChI is InChI=1S/C7H8N.2ClH.H2N.Pt/c8-6-7-4-2-1-3-5-7;;;;/h1-5,8H,6H2;2*1H;1H2;/q-1;;;-1;+4/p-2. The van der Waals surface area contributed by atoms with E-state index in [0.717, 1.165) is 5.56 Å². The Morgan fingerprint density at radius 1 is 1.17 bits per heavy atom. The zero-order valence-corrected chi connectivity index (χ0v) is 10.0. The van der Waals surface area contributed by atoms with E-state index in [-0.39, 0.29) is 6.15 Å². The van der Waals surface area contributed by atoms with E-state index in [4.69, 9.17) is 24.6 Å². The fraction of sp³-hybridized carbons (Fsp3) is 0.143. The van der Waals surface area contributed by atoms with E-state index in [1.165, 1.54) is 0 Å². The van der Waals surface area contributed by atoms with Crippen LogP contribution in [0, 0.1) is 0 Å². The number of hydrogen-bond donors (Lipinski definition) is 0. The SMILES string of the molecule is [Cl][Pt+2][Cl].[NH-]Cc1ccccc1.[NH2-]. The largest absolute Gasteiger partial charge is 0.693 e.